The van der Waals surface area contributed by atoms with E-state index in [9.17, 15) is 9.18 Å². The van der Waals surface area contributed by atoms with Crippen LogP contribution in [0.2, 0.25) is 0 Å². The molecule has 0 bridgehead atoms. The van der Waals surface area contributed by atoms with E-state index in [-0.39, 0.29) is 17.5 Å². The minimum atomic E-state index is -0.239. The molecule has 4 rings (SSSR count). The summed E-state index contributed by atoms with van der Waals surface area (Å²) in [5, 5.41) is 0. The molecule has 0 saturated heterocycles. The first-order valence-corrected chi connectivity index (χ1v) is 9.87. The summed E-state index contributed by atoms with van der Waals surface area (Å²) in [5.41, 5.74) is 6.08. The minimum Gasteiger partial charge on any atom is -0.294 e. The summed E-state index contributed by atoms with van der Waals surface area (Å²) in [5.74, 6) is -0.226. The van der Waals surface area contributed by atoms with Gasteiger partial charge >= 0.3 is 0 Å². The van der Waals surface area contributed by atoms with Crippen LogP contribution in [0.5, 0.6) is 0 Å². The number of pyridine rings is 1. The lowest BCUT2D eigenvalue weighted by molar-refractivity contribution is -0.689. The third kappa shape index (κ3) is 3.75. The number of halogens is 1. The summed E-state index contributed by atoms with van der Waals surface area (Å²) in [4.78, 5) is 13.0. The fourth-order valence-corrected chi connectivity index (χ4v) is 4.05. The van der Waals surface area contributed by atoms with Crippen LogP contribution in [-0.4, -0.2) is 5.78 Å². The number of aryl methyl sites for hydroxylation is 3. The molecule has 3 aromatic rings. The van der Waals surface area contributed by atoms with Crippen LogP contribution in [0, 0.1) is 25.6 Å². The fourth-order valence-electron chi connectivity index (χ4n) is 4.05. The SMILES string of the molecule is Cc1cc2c(cc1C)C(=O)C(Cc1cc[n+](Cc3ccccc3)cc1F)CC2. The zero-order chi connectivity index (χ0) is 19.7. The van der Waals surface area contributed by atoms with Crippen LogP contribution in [0.3, 0.4) is 0 Å². The predicted octanol–water partition coefficient (Wildman–Crippen LogP) is 4.77. The van der Waals surface area contributed by atoms with E-state index < -0.39 is 0 Å². The topological polar surface area (TPSA) is 20.9 Å². The molecule has 0 amide bonds. The lowest BCUT2D eigenvalue weighted by Gasteiger charge is -2.24. The molecule has 1 aromatic heterocycles. The van der Waals surface area contributed by atoms with Gasteiger partial charge < -0.3 is 0 Å². The Morgan fingerprint density at radius 3 is 2.57 bits per heavy atom. The van der Waals surface area contributed by atoms with Gasteiger partial charge in [0.05, 0.1) is 0 Å². The van der Waals surface area contributed by atoms with Crippen LogP contribution < -0.4 is 4.57 Å². The first-order valence-electron chi connectivity index (χ1n) is 9.87. The summed E-state index contributed by atoms with van der Waals surface area (Å²) in [7, 11) is 0. The third-order valence-corrected chi connectivity index (χ3v) is 5.85. The summed E-state index contributed by atoms with van der Waals surface area (Å²) in [6, 6.07) is 16.0. The van der Waals surface area contributed by atoms with Gasteiger partial charge in [0.15, 0.2) is 24.3 Å². The van der Waals surface area contributed by atoms with Crippen LogP contribution in [0.1, 0.15) is 44.6 Å². The normalized spacial score (nSPS) is 16.1. The standard InChI is InChI=1S/C25H25FNO/c1-17-12-20-8-9-22(25(28)23(20)13-18(17)2)14-21-10-11-27(16-24(21)26)15-19-6-4-3-5-7-19/h3-7,10-13,16,22H,8-9,14-15H2,1-2H3/q+1. The van der Waals surface area contributed by atoms with Gasteiger partial charge in [-0.1, -0.05) is 36.4 Å². The molecule has 1 aliphatic rings. The molecule has 0 spiro atoms. The number of benzene rings is 2. The van der Waals surface area contributed by atoms with E-state index in [1.54, 1.807) is 0 Å². The van der Waals surface area contributed by atoms with E-state index >= 15 is 0 Å². The van der Waals surface area contributed by atoms with Gasteiger partial charge in [-0.3, -0.25) is 4.79 Å². The summed E-state index contributed by atoms with van der Waals surface area (Å²) in [6.45, 7) is 4.75. The molecule has 2 aromatic carbocycles. The summed E-state index contributed by atoms with van der Waals surface area (Å²) >= 11 is 0. The predicted molar refractivity (Wildman–Crippen MR) is 108 cm³/mol. The van der Waals surface area contributed by atoms with E-state index in [4.69, 9.17) is 0 Å². The fraction of sp³-hybridized carbons (Fsp3) is 0.280. The van der Waals surface area contributed by atoms with Crippen molar-refractivity contribution in [1.82, 2.24) is 0 Å². The molecule has 0 radical (unpaired) electrons. The van der Waals surface area contributed by atoms with Crippen molar-refractivity contribution >= 4 is 5.78 Å². The highest BCUT2D eigenvalue weighted by Gasteiger charge is 2.29. The van der Waals surface area contributed by atoms with Crippen LogP contribution >= 0.6 is 0 Å². The largest absolute Gasteiger partial charge is 0.294 e. The number of rotatable bonds is 4. The molecule has 1 aliphatic carbocycles. The van der Waals surface area contributed by atoms with Crippen molar-refractivity contribution in [3.8, 4) is 0 Å². The van der Waals surface area contributed by atoms with Crippen molar-refractivity contribution in [2.45, 2.75) is 39.7 Å². The van der Waals surface area contributed by atoms with Crippen LogP contribution in [0.4, 0.5) is 4.39 Å². The Labute approximate surface area is 165 Å². The maximum Gasteiger partial charge on any atom is 0.205 e. The number of fused-ring (bicyclic) bond motifs is 1. The van der Waals surface area contributed by atoms with Crippen LogP contribution in [0.15, 0.2) is 60.9 Å². The molecule has 0 saturated carbocycles. The van der Waals surface area contributed by atoms with E-state index in [0.29, 0.717) is 18.5 Å². The Bertz CT molecular complexity index is 1030. The first kappa shape index (κ1) is 18.5. The van der Waals surface area contributed by atoms with Gasteiger partial charge in [0, 0.05) is 28.7 Å². The second-order valence-corrected chi connectivity index (χ2v) is 7.87. The van der Waals surface area contributed by atoms with Gasteiger partial charge in [0.25, 0.3) is 0 Å². The van der Waals surface area contributed by atoms with E-state index in [1.165, 1.54) is 11.8 Å². The molecule has 2 nitrogen and oxygen atoms in total. The number of aromatic nitrogens is 1. The smallest absolute Gasteiger partial charge is 0.205 e. The quantitative estimate of drug-likeness (QED) is 0.603. The van der Waals surface area contributed by atoms with Gasteiger partial charge in [0.2, 0.25) is 6.20 Å². The van der Waals surface area contributed by atoms with Crippen molar-refractivity contribution in [3.05, 3.63) is 100 Å². The molecule has 0 N–H and O–H groups in total. The van der Waals surface area contributed by atoms with Crippen molar-refractivity contribution in [3.63, 3.8) is 0 Å². The van der Waals surface area contributed by atoms with Crippen molar-refractivity contribution < 1.29 is 13.8 Å². The number of hydrogen-bond acceptors (Lipinski definition) is 1. The summed E-state index contributed by atoms with van der Waals surface area (Å²) < 4.78 is 16.6. The lowest BCUT2D eigenvalue weighted by atomic mass is 9.78. The van der Waals surface area contributed by atoms with Crippen LogP contribution in [0.25, 0.3) is 0 Å². The zero-order valence-corrected chi connectivity index (χ0v) is 16.4. The maximum atomic E-state index is 14.7. The zero-order valence-electron chi connectivity index (χ0n) is 16.4. The number of hydrogen-bond donors (Lipinski definition) is 0. The highest BCUT2D eigenvalue weighted by atomic mass is 19.1. The molecule has 1 atom stereocenters. The Morgan fingerprint density at radius 1 is 1.07 bits per heavy atom. The first-order chi connectivity index (χ1) is 13.5. The van der Waals surface area contributed by atoms with Gasteiger partial charge in [-0.2, -0.15) is 4.57 Å². The van der Waals surface area contributed by atoms with Gasteiger partial charge in [-0.25, -0.2) is 4.39 Å². The molecule has 142 valence electrons. The number of Topliss-reactive ketones (excluding diaryl/α,β-unsaturated/α-hetero) is 1. The molecular formula is C25H25FNO+. The number of carbonyl (C=O) groups excluding carboxylic acids is 1. The monoisotopic (exact) mass is 374 g/mol. The number of ketones is 1. The summed E-state index contributed by atoms with van der Waals surface area (Å²) in [6.07, 6.45) is 5.57. The third-order valence-electron chi connectivity index (χ3n) is 5.85. The minimum absolute atomic E-state index is 0.144. The average Bonchev–Trinajstić information content (AvgIpc) is 2.68. The van der Waals surface area contributed by atoms with Crippen molar-refractivity contribution in [1.29, 1.82) is 0 Å². The number of nitrogens with zero attached hydrogens (tertiary/aromatic N) is 1. The molecule has 28 heavy (non-hydrogen) atoms. The molecule has 0 aliphatic heterocycles. The molecular weight excluding hydrogens is 349 g/mol. The van der Waals surface area contributed by atoms with Crippen molar-refractivity contribution in [2.75, 3.05) is 0 Å². The van der Waals surface area contributed by atoms with Gasteiger partial charge in [-0.15, -0.1) is 0 Å². The lowest BCUT2D eigenvalue weighted by Crippen LogP contribution is -2.34. The van der Waals surface area contributed by atoms with Gasteiger partial charge in [-0.05, 0) is 55.9 Å². The molecule has 3 heteroatoms. The Balaban J connectivity index is 1.51. The van der Waals surface area contributed by atoms with E-state index in [0.717, 1.165) is 35.1 Å². The second kappa shape index (κ2) is 7.67. The Hall–Kier alpha value is -2.81. The van der Waals surface area contributed by atoms with Crippen molar-refractivity contribution in [2.24, 2.45) is 5.92 Å². The Morgan fingerprint density at radius 2 is 1.82 bits per heavy atom. The maximum absolute atomic E-state index is 14.7. The average molecular weight is 374 g/mol. The van der Waals surface area contributed by atoms with E-state index in [1.807, 2.05) is 60.2 Å². The highest BCUT2D eigenvalue weighted by molar-refractivity contribution is 6.00. The Kier molecular flexibility index (Phi) is 5.08. The number of carbonyl (C=O) groups is 1. The highest BCUT2D eigenvalue weighted by Crippen LogP contribution is 2.30. The van der Waals surface area contributed by atoms with Crippen LogP contribution in [-0.2, 0) is 19.4 Å². The second-order valence-electron chi connectivity index (χ2n) is 7.87. The molecule has 0 fully saturated rings. The molecule has 1 heterocycles. The van der Waals surface area contributed by atoms with Gasteiger partial charge in [0.1, 0.15) is 0 Å². The molecule has 1 unspecified atom stereocenters. The van der Waals surface area contributed by atoms with E-state index in [2.05, 4.69) is 13.0 Å².